The topological polar surface area (TPSA) is 46.0 Å². The summed E-state index contributed by atoms with van der Waals surface area (Å²) in [7, 11) is 0. The van der Waals surface area contributed by atoms with E-state index >= 15 is 0 Å². The molecule has 6 heteroatoms. The third kappa shape index (κ3) is 1.70. The van der Waals surface area contributed by atoms with Gasteiger partial charge in [-0.15, -0.1) is 10.2 Å². The standard InChI is InChI=1S/C8H13N5S/c1-2-9-8(14)12-3-4-13-6-10-11-7(13)5-12/h6H,2-5H2,1H3,(H,9,14). The van der Waals surface area contributed by atoms with E-state index in [1.165, 1.54) is 0 Å². The van der Waals surface area contributed by atoms with Crippen molar-refractivity contribution in [2.75, 3.05) is 13.1 Å². The Kier molecular flexibility index (Phi) is 2.62. The van der Waals surface area contributed by atoms with Gasteiger partial charge in [0.05, 0.1) is 6.54 Å². The summed E-state index contributed by atoms with van der Waals surface area (Å²) in [5, 5.41) is 11.8. The van der Waals surface area contributed by atoms with Crippen molar-refractivity contribution in [2.24, 2.45) is 0 Å². The smallest absolute Gasteiger partial charge is 0.169 e. The molecular weight excluding hydrogens is 198 g/mol. The minimum Gasteiger partial charge on any atom is -0.363 e. The molecule has 0 unspecified atom stereocenters. The summed E-state index contributed by atoms with van der Waals surface area (Å²) < 4.78 is 2.06. The summed E-state index contributed by atoms with van der Waals surface area (Å²) in [4.78, 5) is 2.11. The lowest BCUT2D eigenvalue weighted by molar-refractivity contribution is 0.326. The molecule has 14 heavy (non-hydrogen) atoms. The van der Waals surface area contributed by atoms with E-state index in [0.29, 0.717) is 0 Å². The lowest BCUT2D eigenvalue weighted by Crippen LogP contribution is -2.43. The first kappa shape index (κ1) is 9.39. The van der Waals surface area contributed by atoms with Crippen LogP contribution < -0.4 is 5.32 Å². The molecule has 0 spiro atoms. The highest BCUT2D eigenvalue weighted by atomic mass is 32.1. The molecule has 0 aliphatic carbocycles. The highest BCUT2D eigenvalue weighted by Crippen LogP contribution is 2.08. The average Bonchev–Trinajstić information content (AvgIpc) is 2.64. The summed E-state index contributed by atoms with van der Waals surface area (Å²) >= 11 is 5.23. The molecule has 1 N–H and O–H groups in total. The Balaban J connectivity index is 2.04. The first-order valence-corrected chi connectivity index (χ1v) is 5.11. The van der Waals surface area contributed by atoms with Gasteiger partial charge in [0.25, 0.3) is 0 Å². The number of hydrogen-bond donors (Lipinski definition) is 1. The van der Waals surface area contributed by atoms with Crippen molar-refractivity contribution in [3.8, 4) is 0 Å². The van der Waals surface area contributed by atoms with Crippen molar-refractivity contribution in [1.29, 1.82) is 0 Å². The van der Waals surface area contributed by atoms with Crippen molar-refractivity contribution in [2.45, 2.75) is 20.0 Å². The van der Waals surface area contributed by atoms with Gasteiger partial charge >= 0.3 is 0 Å². The second-order valence-corrected chi connectivity index (χ2v) is 3.58. The lowest BCUT2D eigenvalue weighted by Gasteiger charge is -2.29. The van der Waals surface area contributed by atoms with Gasteiger partial charge in [0.2, 0.25) is 0 Å². The van der Waals surface area contributed by atoms with Crippen LogP contribution in [0.5, 0.6) is 0 Å². The molecule has 0 bridgehead atoms. The number of aromatic nitrogens is 3. The number of rotatable bonds is 1. The molecule has 1 aromatic rings. The molecular formula is C8H13N5S. The Morgan fingerprint density at radius 3 is 3.29 bits per heavy atom. The minimum atomic E-state index is 0.756. The fraction of sp³-hybridized carbons (Fsp3) is 0.625. The van der Waals surface area contributed by atoms with Gasteiger partial charge in [-0.25, -0.2) is 0 Å². The summed E-state index contributed by atoms with van der Waals surface area (Å²) in [6.07, 6.45) is 1.77. The molecule has 5 nitrogen and oxygen atoms in total. The van der Waals surface area contributed by atoms with Crippen molar-refractivity contribution < 1.29 is 0 Å². The Bertz CT molecular complexity index is 334. The zero-order chi connectivity index (χ0) is 9.97. The van der Waals surface area contributed by atoms with E-state index in [1.807, 2.05) is 6.92 Å². The van der Waals surface area contributed by atoms with E-state index in [4.69, 9.17) is 12.2 Å². The van der Waals surface area contributed by atoms with E-state index < -0.39 is 0 Å². The maximum Gasteiger partial charge on any atom is 0.169 e. The predicted molar refractivity (Wildman–Crippen MR) is 56.7 cm³/mol. The monoisotopic (exact) mass is 211 g/mol. The summed E-state index contributed by atoms with van der Waals surface area (Å²) in [6.45, 7) is 5.50. The second kappa shape index (κ2) is 3.91. The van der Waals surface area contributed by atoms with Gasteiger partial charge in [0.1, 0.15) is 6.33 Å². The number of thiocarbonyl (C=S) groups is 1. The predicted octanol–water partition coefficient (Wildman–Crippen LogP) is -0.0119. The van der Waals surface area contributed by atoms with Crippen LogP contribution in [0.25, 0.3) is 0 Å². The fourth-order valence-corrected chi connectivity index (χ4v) is 1.80. The van der Waals surface area contributed by atoms with E-state index in [2.05, 4.69) is 25.0 Å². The largest absolute Gasteiger partial charge is 0.363 e. The van der Waals surface area contributed by atoms with Crippen LogP contribution in [0.15, 0.2) is 6.33 Å². The van der Waals surface area contributed by atoms with Crippen molar-refractivity contribution in [3.05, 3.63) is 12.2 Å². The normalized spacial score (nSPS) is 15.1. The molecule has 0 saturated carbocycles. The molecule has 2 rings (SSSR count). The Morgan fingerprint density at radius 1 is 1.64 bits per heavy atom. The average molecular weight is 211 g/mol. The maximum atomic E-state index is 5.23. The fourth-order valence-electron chi connectivity index (χ4n) is 1.50. The van der Waals surface area contributed by atoms with Crippen molar-refractivity contribution in [1.82, 2.24) is 25.0 Å². The van der Waals surface area contributed by atoms with Gasteiger partial charge in [-0.3, -0.25) is 0 Å². The van der Waals surface area contributed by atoms with E-state index in [1.54, 1.807) is 6.33 Å². The van der Waals surface area contributed by atoms with Crippen LogP contribution in [-0.4, -0.2) is 37.9 Å². The second-order valence-electron chi connectivity index (χ2n) is 3.20. The molecule has 0 radical (unpaired) electrons. The van der Waals surface area contributed by atoms with Gasteiger partial charge in [-0.1, -0.05) is 0 Å². The first-order chi connectivity index (χ1) is 6.81. The third-order valence-electron chi connectivity index (χ3n) is 2.25. The van der Waals surface area contributed by atoms with Gasteiger partial charge in [-0.2, -0.15) is 0 Å². The summed E-state index contributed by atoms with van der Waals surface area (Å²) in [5.74, 6) is 0.983. The van der Waals surface area contributed by atoms with Crippen LogP contribution in [0.1, 0.15) is 12.7 Å². The number of nitrogens with one attached hydrogen (secondary N) is 1. The minimum absolute atomic E-state index is 0.756. The highest BCUT2D eigenvalue weighted by Gasteiger charge is 2.18. The van der Waals surface area contributed by atoms with Crippen LogP contribution in [0.2, 0.25) is 0 Å². The SMILES string of the molecule is CCNC(=S)N1CCn2cnnc2C1. The van der Waals surface area contributed by atoms with E-state index in [-0.39, 0.29) is 0 Å². The molecule has 0 amide bonds. The number of nitrogens with zero attached hydrogens (tertiary/aromatic N) is 4. The molecule has 0 aromatic carbocycles. The molecule has 1 aliphatic rings. The van der Waals surface area contributed by atoms with Gasteiger partial charge in [0, 0.05) is 19.6 Å². The zero-order valence-electron chi connectivity index (χ0n) is 8.10. The third-order valence-corrected chi connectivity index (χ3v) is 2.66. The van der Waals surface area contributed by atoms with E-state index in [9.17, 15) is 0 Å². The van der Waals surface area contributed by atoms with Crippen LogP contribution in [0.3, 0.4) is 0 Å². The number of hydrogen-bond acceptors (Lipinski definition) is 3. The molecule has 2 heterocycles. The quantitative estimate of drug-likeness (QED) is 0.662. The van der Waals surface area contributed by atoms with Crippen LogP contribution in [0.4, 0.5) is 0 Å². The van der Waals surface area contributed by atoms with Gasteiger partial charge in [-0.05, 0) is 19.1 Å². The van der Waals surface area contributed by atoms with Gasteiger partial charge in [0.15, 0.2) is 10.9 Å². The van der Waals surface area contributed by atoms with Crippen LogP contribution in [0, 0.1) is 0 Å². The van der Waals surface area contributed by atoms with Crippen molar-refractivity contribution >= 4 is 17.3 Å². The molecule has 1 aliphatic heterocycles. The molecule has 0 saturated heterocycles. The van der Waals surface area contributed by atoms with E-state index in [0.717, 1.165) is 37.1 Å². The van der Waals surface area contributed by atoms with Crippen LogP contribution >= 0.6 is 12.2 Å². The molecule has 76 valence electrons. The molecule has 1 aromatic heterocycles. The molecule has 0 atom stereocenters. The Hall–Kier alpha value is -1.17. The summed E-state index contributed by atoms with van der Waals surface area (Å²) in [6, 6.07) is 0. The Morgan fingerprint density at radius 2 is 2.50 bits per heavy atom. The maximum absolute atomic E-state index is 5.23. The zero-order valence-corrected chi connectivity index (χ0v) is 8.92. The molecule has 0 fully saturated rings. The van der Waals surface area contributed by atoms with Crippen molar-refractivity contribution in [3.63, 3.8) is 0 Å². The van der Waals surface area contributed by atoms with Gasteiger partial charge < -0.3 is 14.8 Å². The summed E-state index contributed by atoms with van der Waals surface area (Å²) in [5.41, 5.74) is 0. The lowest BCUT2D eigenvalue weighted by atomic mass is 10.4. The Labute approximate surface area is 88.1 Å². The highest BCUT2D eigenvalue weighted by molar-refractivity contribution is 7.80. The number of fused-ring (bicyclic) bond motifs is 1. The van der Waals surface area contributed by atoms with Crippen LogP contribution in [-0.2, 0) is 13.1 Å². The first-order valence-electron chi connectivity index (χ1n) is 4.70.